The highest BCUT2D eigenvalue weighted by molar-refractivity contribution is 7.89. The van der Waals surface area contributed by atoms with E-state index in [0.717, 1.165) is 16.9 Å². The molecule has 0 aliphatic heterocycles. The van der Waals surface area contributed by atoms with Crippen LogP contribution in [-0.2, 0) is 16.4 Å². The normalized spacial score (nSPS) is 11.5. The lowest BCUT2D eigenvalue weighted by Crippen LogP contribution is -2.28. The maximum absolute atomic E-state index is 13.2. The van der Waals surface area contributed by atoms with Crippen molar-refractivity contribution in [3.05, 3.63) is 82.3 Å². The summed E-state index contributed by atoms with van der Waals surface area (Å²) in [5, 5.41) is 4.00. The maximum Gasteiger partial charge on any atom is 0.265 e. The van der Waals surface area contributed by atoms with Gasteiger partial charge in [-0.15, -0.1) is 11.3 Å². The number of carbonyl (C=O) groups excluding carboxylic acids is 1. The van der Waals surface area contributed by atoms with E-state index in [2.05, 4.69) is 5.32 Å². The zero-order valence-corrected chi connectivity index (χ0v) is 16.8. The minimum Gasteiger partial charge on any atom is -0.321 e. The molecule has 1 heterocycles. The number of rotatable bonds is 7. The zero-order valence-electron chi connectivity index (χ0n) is 15.1. The Morgan fingerprint density at radius 1 is 1.11 bits per heavy atom. The number of thiophene rings is 1. The molecular weight excluding hydrogens is 399 g/mol. The van der Waals surface area contributed by atoms with Crippen molar-refractivity contribution in [2.45, 2.75) is 11.3 Å². The topological polar surface area (TPSA) is 66.5 Å². The van der Waals surface area contributed by atoms with Gasteiger partial charge in [-0.25, -0.2) is 17.1 Å². The van der Waals surface area contributed by atoms with Crippen molar-refractivity contribution in [2.24, 2.45) is 0 Å². The fourth-order valence-corrected chi connectivity index (χ4v) is 4.89. The van der Waals surface area contributed by atoms with Crippen LogP contribution >= 0.6 is 11.3 Å². The van der Waals surface area contributed by atoms with Crippen molar-refractivity contribution in [3.63, 3.8) is 0 Å². The molecule has 0 spiro atoms. The standard InChI is InChI=1S/C20H19FN2O3S2/c1-23(11-10-15-6-3-2-4-7-15)28(25,26)18-13-19(27-14-18)20(24)22-17-9-5-8-16(21)12-17/h2-9,12-14H,10-11H2,1H3,(H,22,24). The molecule has 1 N–H and O–H groups in total. The van der Waals surface area contributed by atoms with Crippen LogP contribution in [0.25, 0.3) is 0 Å². The van der Waals surface area contributed by atoms with E-state index in [0.29, 0.717) is 18.7 Å². The fourth-order valence-electron chi connectivity index (χ4n) is 2.56. The van der Waals surface area contributed by atoms with Gasteiger partial charge in [0, 0.05) is 24.7 Å². The van der Waals surface area contributed by atoms with Crippen molar-refractivity contribution in [1.82, 2.24) is 4.31 Å². The molecule has 0 fully saturated rings. The predicted octanol–water partition coefficient (Wildman–Crippen LogP) is 4.00. The Bertz CT molecular complexity index is 1070. The van der Waals surface area contributed by atoms with Crippen LogP contribution in [-0.4, -0.2) is 32.2 Å². The molecule has 0 saturated heterocycles. The van der Waals surface area contributed by atoms with Crippen molar-refractivity contribution < 1.29 is 17.6 Å². The molecule has 2 aromatic carbocycles. The van der Waals surface area contributed by atoms with Crippen LogP contribution < -0.4 is 5.32 Å². The van der Waals surface area contributed by atoms with Gasteiger partial charge in [0.05, 0.1) is 9.77 Å². The third kappa shape index (κ3) is 4.83. The number of anilines is 1. The van der Waals surface area contributed by atoms with Gasteiger partial charge in [-0.1, -0.05) is 36.4 Å². The van der Waals surface area contributed by atoms with Crippen molar-refractivity contribution in [1.29, 1.82) is 0 Å². The van der Waals surface area contributed by atoms with E-state index in [-0.39, 0.29) is 9.77 Å². The molecule has 8 heteroatoms. The molecule has 0 unspecified atom stereocenters. The minimum absolute atomic E-state index is 0.0671. The lowest BCUT2D eigenvalue weighted by Gasteiger charge is -2.16. The van der Waals surface area contributed by atoms with Crippen LogP contribution in [0.1, 0.15) is 15.2 Å². The lowest BCUT2D eigenvalue weighted by molar-refractivity contribution is 0.103. The molecule has 0 atom stereocenters. The molecule has 28 heavy (non-hydrogen) atoms. The van der Waals surface area contributed by atoms with E-state index in [1.165, 1.54) is 41.0 Å². The number of carbonyl (C=O) groups is 1. The van der Waals surface area contributed by atoms with Crippen LogP contribution in [0.4, 0.5) is 10.1 Å². The second kappa shape index (κ2) is 8.64. The highest BCUT2D eigenvalue weighted by Crippen LogP contribution is 2.23. The van der Waals surface area contributed by atoms with E-state index in [9.17, 15) is 17.6 Å². The number of likely N-dealkylation sites (N-methyl/N-ethyl adjacent to an activating group) is 1. The van der Waals surface area contributed by atoms with E-state index in [1.807, 2.05) is 30.3 Å². The predicted molar refractivity (Wildman–Crippen MR) is 109 cm³/mol. The number of hydrogen-bond acceptors (Lipinski definition) is 4. The van der Waals surface area contributed by atoms with Gasteiger partial charge in [-0.2, -0.15) is 0 Å². The Hall–Kier alpha value is -2.55. The summed E-state index contributed by atoms with van der Waals surface area (Å²) in [6.45, 7) is 0.326. The van der Waals surface area contributed by atoms with Gasteiger partial charge in [0.25, 0.3) is 5.91 Å². The Morgan fingerprint density at radius 3 is 2.57 bits per heavy atom. The van der Waals surface area contributed by atoms with Crippen LogP contribution in [0.5, 0.6) is 0 Å². The molecule has 3 rings (SSSR count). The number of sulfonamides is 1. The third-order valence-electron chi connectivity index (χ3n) is 4.15. The first-order chi connectivity index (χ1) is 13.4. The van der Waals surface area contributed by atoms with Gasteiger partial charge in [-0.3, -0.25) is 4.79 Å². The zero-order chi connectivity index (χ0) is 20.1. The summed E-state index contributed by atoms with van der Waals surface area (Å²) in [4.78, 5) is 12.6. The summed E-state index contributed by atoms with van der Waals surface area (Å²) < 4.78 is 40.0. The number of nitrogens with zero attached hydrogens (tertiary/aromatic N) is 1. The first-order valence-electron chi connectivity index (χ1n) is 8.52. The third-order valence-corrected chi connectivity index (χ3v) is 7.06. The molecule has 1 amide bonds. The summed E-state index contributed by atoms with van der Waals surface area (Å²) in [5.41, 5.74) is 1.35. The van der Waals surface area contributed by atoms with E-state index >= 15 is 0 Å². The van der Waals surface area contributed by atoms with Gasteiger partial charge < -0.3 is 5.32 Å². The molecule has 0 aliphatic carbocycles. The Balaban J connectivity index is 1.68. The van der Waals surface area contributed by atoms with E-state index in [1.54, 1.807) is 6.07 Å². The second-order valence-electron chi connectivity index (χ2n) is 6.17. The summed E-state index contributed by atoms with van der Waals surface area (Å²) >= 11 is 1.03. The first kappa shape index (κ1) is 20.2. The Morgan fingerprint density at radius 2 is 1.86 bits per heavy atom. The minimum atomic E-state index is -3.70. The molecule has 0 aliphatic rings. The molecule has 146 valence electrons. The summed E-state index contributed by atoms with van der Waals surface area (Å²) in [5.74, 6) is -0.948. The average molecular weight is 419 g/mol. The van der Waals surface area contributed by atoms with Crippen molar-refractivity contribution in [2.75, 3.05) is 18.9 Å². The SMILES string of the molecule is CN(CCc1ccccc1)S(=O)(=O)c1csc(C(=O)Nc2cccc(F)c2)c1. The Labute approximate surface area is 167 Å². The van der Waals surface area contributed by atoms with Gasteiger partial charge in [-0.05, 0) is 36.2 Å². The number of nitrogens with one attached hydrogen (secondary N) is 1. The summed E-state index contributed by atoms with van der Waals surface area (Å²) in [6, 6.07) is 16.5. The summed E-state index contributed by atoms with van der Waals surface area (Å²) in [6.07, 6.45) is 0.591. The molecule has 3 aromatic rings. The number of amides is 1. The highest BCUT2D eigenvalue weighted by atomic mass is 32.2. The van der Waals surface area contributed by atoms with E-state index in [4.69, 9.17) is 0 Å². The molecular formula is C20H19FN2O3S2. The first-order valence-corrected chi connectivity index (χ1v) is 10.8. The van der Waals surface area contributed by atoms with Crippen LogP contribution in [0.3, 0.4) is 0 Å². The number of hydrogen-bond donors (Lipinski definition) is 1. The highest BCUT2D eigenvalue weighted by Gasteiger charge is 2.23. The second-order valence-corrected chi connectivity index (χ2v) is 9.13. The molecule has 1 aromatic heterocycles. The van der Waals surface area contributed by atoms with Crippen LogP contribution in [0.15, 0.2) is 70.9 Å². The maximum atomic E-state index is 13.2. The molecule has 0 radical (unpaired) electrons. The van der Waals surface area contributed by atoms with Crippen molar-refractivity contribution in [3.8, 4) is 0 Å². The monoisotopic (exact) mass is 418 g/mol. The number of halogens is 1. The number of benzene rings is 2. The lowest BCUT2D eigenvalue weighted by atomic mass is 10.2. The smallest absolute Gasteiger partial charge is 0.265 e. The van der Waals surface area contributed by atoms with Gasteiger partial charge >= 0.3 is 0 Å². The van der Waals surface area contributed by atoms with Gasteiger partial charge in [0.2, 0.25) is 10.0 Å². The molecule has 0 saturated carbocycles. The quantitative estimate of drug-likeness (QED) is 0.631. The largest absolute Gasteiger partial charge is 0.321 e. The Kier molecular flexibility index (Phi) is 6.23. The molecule has 0 bridgehead atoms. The van der Waals surface area contributed by atoms with Crippen LogP contribution in [0, 0.1) is 5.82 Å². The fraction of sp³-hybridized carbons (Fsp3) is 0.150. The molecule has 5 nitrogen and oxygen atoms in total. The summed E-state index contributed by atoms with van der Waals surface area (Å²) in [7, 11) is -2.18. The average Bonchev–Trinajstić information content (AvgIpc) is 3.18. The van der Waals surface area contributed by atoms with Crippen molar-refractivity contribution >= 4 is 33.0 Å². The van der Waals surface area contributed by atoms with E-state index < -0.39 is 21.7 Å². The van der Waals surface area contributed by atoms with Gasteiger partial charge in [0.15, 0.2) is 0 Å². The van der Waals surface area contributed by atoms with Gasteiger partial charge in [0.1, 0.15) is 5.82 Å². The van der Waals surface area contributed by atoms with Crippen LogP contribution in [0.2, 0.25) is 0 Å².